The quantitative estimate of drug-likeness (QED) is 0.454. The molecule has 154 valence electrons. The second kappa shape index (κ2) is 9.01. The van der Waals surface area contributed by atoms with Gasteiger partial charge in [-0.3, -0.25) is 10.5 Å². The Morgan fingerprint density at radius 2 is 1.54 bits per heavy atom. The van der Waals surface area contributed by atoms with Gasteiger partial charge in [-0.25, -0.2) is 4.79 Å². The zero-order valence-corrected chi connectivity index (χ0v) is 17.5. The topological polar surface area (TPSA) is 123 Å². The van der Waals surface area contributed by atoms with Crippen molar-refractivity contribution < 1.29 is 24.2 Å². The van der Waals surface area contributed by atoms with Crippen molar-refractivity contribution >= 4 is 12.0 Å². The molecule has 26 heavy (non-hydrogen) atoms. The van der Waals surface area contributed by atoms with E-state index in [0.29, 0.717) is 26.0 Å². The van der Waals surface area contributed by atoms with Gasteiger partial charge in [-0.2, -0.15) is 0 Å². The van der Waals surface area contributed by atoms with Crippen molar-refractivity contribution in [3.05, 3.63) is 0 Å². The predicted octanol–water partition coefficient (Wildman–Crippen LogP) is 1.65. The largest absolute Gasteiger partial charge is 0.444 e. The lowest BCUT2D eigenvalue weighted by Gasteiger charge is -2.32. The predicted molar refractivity (Wildman–Crippen MR) is 101 cm³/mol. The van der Waals surface area contributed by atoms with Crippen LogP contribution in [0.5, 0.6) is 0 Å². The number of amides is 2. The van der Waals surface area contributed by atoms with Crippen LogP contribution in [0.1, 0.15) is 68.2 Å². The van der Waals surface area contributed by atoms with E-state index in [1.165, 1.54) is 6.92 Å². The van der Waals surface area contributed by atoms with Gasteiger partial charge in [0, 0.05) is 18.7 Å². The van der Waals surface area contributed by atoms with E-state index in [9.17, 15) is 14.7 Å². The molecule has 0 aliphatic rings. The van der Waals surface area contributed by atoms with Crippen molar-refractivity contribution in [2.45, 2.75) is 90.7 Å². The molecule has 0 spiro atoms. The standard InChI is InChI=1S/C18H37N3O5/c1-15(2,3)26-14(23)20-11-9-17(6,7)25-12-10-16(4,5)21-13(22)18(8,19)24/h24H,9-12,19H2,1-8H3,(H,20,23)(H,21,22). The van der Waals surface area contributed by atoms with Crippen molar-refractivity contribution in [3.63, 3.8) is 0 Å². The summed E-state index contributed by atoms with van der Waals surface area (Å²) in [6.45, 7) is 15.0. The molecule has 8 heteroatoms. The Morgan fingerprint density at radius 3 is 2.00 bits per heavy atom. The number of hydrogen-bond acceptors (Lipinski definition) is 6. The van der Waals surface area contributed by atoms with Crippen LogP contribution >= 0.6 is 0 Å². The second-order valence-corrected chi connectivity index (χ2v) is 9.02. The Hall–Kier alpha value is -1.38. The summed E-state index contributed by atoms with van der Waals surface area (Å²) >= 11 is 0. The molecule has 0 aromatic carbocycles. The molecule has 0 saturated carbocycles. The fourth-order valence-corrected chi connectivity index (χ4v) is 1.93. The molecule has 0 aliphatic heterocycles. The van der Waals surface area contributed by atoms with Gasteiger partial charge in [-0.05, 0) is 68.2 Å². The molecule has 0 saturated heterocycles. The fourth-order valence-electron chi connectivity index (χ4n) is 1.93. The van der Waals surface area contributed by atoms with E-state index in [0.717, 1.165) is 0 Å². The van der Waals surface area contributed by atoms with Crippen LogP contribution < -0.4 is 16.4 Å². The average Bonchev–Trinajstić information content (AvgIpc) is 2.33. The van der Waals surface area contributed by atoms with Crippen LogP contribution in [0, 0.1) is 0 Å². The van der Waals surface area contributed by atoms with Crippen molar-refractivity contribution in [1.82, 2.24) is 10.6 Å². The highest BCUT2D eigenvalue weighted by atomic mass is 16.6. The van der Waals surface area contributed by atoms with Crippen LogP contribution in [-0.4, -0.2) is 52.7 Å². The normalized spacial score (nSPS) is 15.2. The Balaban J connectivity index is 4.24. The zero-order valence-electron chi connectivity index (χ0n) is 17.5. The number of carbonyl (C=O) groups is 2. The van der Waals surface area contributed by atoms with Crippen LogP contribution in [0.15, 0.2) is 0 Å². The number of alkyl carbamates (subject to hydrolysis) is 1. The van der Waals surface area contributed by atoms with Gasteiger partial charge in [0.25, 0.3) is 5.91 Å². The maximum absolute atomic E-state index is 11.8. The van der Waals surface area contributed by atoms with E-state index in [2.05, 4.69) is 10.6 Å². The molecule has 1 atom stereocenters. The van der Waals surface area contributed by atoms with Gasteiger partial charge in [0.15, 0.2) is 5.72 Å². The molecular weight excluding hydrogens is 338 g/mol. The molecule has 0 rings (SSSR count). The van der Waals surface area contributed by atoms with Gasteiger partial charge in [-0.15, -0.1) is 0 Å². The number of nitrogens with two attached hydrogens (primary N) is 1. The van der Waals surface area contributed by atoms with E-state index in [1.54, 1.807) is 0 Å². The summed E-state index contributed by atoms with van der Waals surface area (Å²) in [5.74, 6) is -0.636. The molecule has 0 heterocycles. The molecule has 0 aliphatic carbocycles. The van der Waals surface area contributed by atoms with Gasteiger partial charge in [0.2, 0.25) is 0 Å². The third-order valence-corrected chi connectivity index (χ3v) is 3.53. The average molecular weight is 376 g/mol. The molecule has 0 radical (unpaired) electrons. The summed E-state index contributed by atoms with van der Waals surface area (Å²) in [6.07, 6.45) is 0.694. The van der Waals surface area contributed by atoms with E-state index in [1.807, 2.05) is 48.5 Å². The van der Waals surface area contributed by atoms with Crippen molar-refractivity contribution in [1.29, 1.82) is 0 Å². The lowest BCUT2D eigenvalue weighted by Crippen LogP contribution is -2.57. The molecule has 5 N–H and O–H groups in total. The molecular formula is C18H37N3O5. The molecule has 0 bridgehead atoms. The molecule has 0 fully saturated rings. The lowest BCUT2D eigenvalue weighted by atomic mass is 9.99. The maximum Gasteiger partial charge on any atom is 0.407 e. The zero-order chi connectivity index (χ0) is 20.8. The van der Waals surface area contributed by atoms with Crippen LogP contribution in [0.2, 0.25) is 0 Å². The maximum atomic E-state index is 11.8. The molecule has 8 nitrogen and oxygen atoms in total. The number of carbonyl (C=O) groups excluding carboxylic acids is 2. The third-order valence-electron chi connectivity index (χ3n) is 3.53. The minimum atomic E-state index is -1.91. The molecule has 2 amide bonds. The van der Waals surface area contributed by atoms with Gasteiger partial charge >= 0.3 is 6.09 Å². The SMILES string of the molecule is CC(C)(CCOC(C)(C)CCNC(=O)OC(C)(C)C)NC(=O)C(C)(N)O. The van der Waals surface area contributed by atoms with Gasteiger partial charge in [0.05, 0.1) is 5.60 Å². The van der Waals surface area contributed by atoms with Crippen molar-refractivity contribution in [2.75, 3.05) is 13.2 Å². The Morgan fingerprint density at radius 1 is 1.00 bits per heavy atom. The number of nitrogens with one attached hydrogen (secondary N) is 2. The summed E-state index contributed by atoms with van der Waals surface area (Å²) in [5, 5.41) is 14.9. The minimum Gasteiger partial charge on any atom is -0.444 e. The first-order chi connectivity index (χ1) is 11.4. The fraction of sp³-hybridized carbons (Fsp3) is 0.889. The van der Waals surface area contributed by atoms with Gasteiger partial charge < -0.3 is 25.2 Å². The summed E-state index contributed by atoms with van der Waals surface area (Å²) in [5.41, 5.74) is 1.90. The second-order valence-electron chi connectivity index (χ2n) is 9.02. The van der Waals surface area contributed by atoms with E-state index >= 15 is 0 Å². The highest BCUT2D eigenvalue weighted by Crippen LogP contribution is 2.17. The summed E-state index contributed by atoms with van der Waals surface area (Å²) < 4.78 is 11.1. The lowest BCUT2D eigenvalue weighted by molar-refractivity contribution is -0.139. The monoisotopic (exact) mass is 375 g/mol. The summed E-state index contributed by atoms with van der Waals surface area (Å²) in [4.78, 5) is 23.4. The molecule has 1 unspecified atom stereocenters. The van der Waals surface area contributed by atoms with Crippen LogP contribution in [0.3, 0.4) is 0 Å². The number of ether oxygens (including phenoxy) is 2. The number of rotatable bonds is 9. The Labute approximate surface area is 157 Å². The summed E-state index contributed by atoms with van der Waals surface area (Å²) in [6, 6.07) is 0. The van der Waals surface area contributed by atoms with Gasteiger partial charge in [-0.1, -0.05) is 0 Å². The highest BCUT2D eigenvalue weighted by Gasteiger charge is 2.30. The molecule has 0 aromatic heterocycles. The van der Waals surface area contributed by atoms with Crippen LogP contribution in [0.25, 0.3) is 0 Å². The smallest absolute Gasteiger partial charge is 0.407 e. The van der Waals surface area contributed by atoms with Gasteiger partial charge in [0.1, 0.15) is 5.60 Å². The van der Waals surface area contributed by atoms with Crippen LogP contribution in [-0.2, 0) is 14.3 Å². The molecule has 0 aromatic rings. The van der Waals surface area contributed by atoms with Crippen LogP contribution in [0.4, 0.5) is 4.79 Å². The van der Waals surface area contributed by atoms with E-state index < -0.39 is 34.5 Å². The summed E-state index contributed by atoms with van der Waals surface area (Å²) in [7, 11) is 0. The first-order valence-electron chi connectivity index (χ1n) is 8.88. The van der Waals surface area contributed by atoms with E-state index in [-0.39, 0.29) is 0 Å². The third kappa shape index (κ3) is 12.1. The number of hydrogen-bond donors (Lipinski definition) is 4. The highest BCUT2D eigenvalue weighted by molar-refractivity contribution is 5.84. The van der Waals surface area contributed by atoms with Crippen molar-refractivity contribution in [3.8, 4) is 0 Å². The van der Waals surface area contributed by atoms with Crippen molar-refractivity contribution in [2.24, 2.45) is 5.73 Å². The Kier molecular flexibility index (Phi) is 8.53. The first kappa shape index (κ1) is 24.6. The Bertz CT molecular complexity index is 476. The first-order valence-corrected chi connectivity index (χ1v) is 8.88. The van der Waals surface area contributed by atoms with E-state index in [4.69, 9.17) is 15.2 Å². The number of aliphatic hydroxyl groups is 1. The minimum absolute atomic E-state index is 0.402.